The number of halogens is 2. The van der Waals surface area contributed by atoms with Crippen molar-refractivity contribution in [1.82, 2.24) is 19.6 Å². The first kappa shape index (κ1) is 17.7. The monoisotopic (exact) mass is 384 g/mol. The van der Waals surface area contributed by atoms with Gasteiger partial charge in [-0.05, 0) is 18.2 Å². The third kappa shape index (κ3) is 3.94. The molecule has 0 fully saturated rings. The molecule has 2 aromatic rings. The number of sulfonamides is 1. The van der Waals surface area contributed by atoms with Crippen LogP contribution in [0.1, 0.15) is 17.7 Å². The highest BCUT2D eigenvalue weighted by molar-refractivity contribution is 7.89. The van der Waals surface area contributed by atoms with E-state index in [2.05, 4.69) is 14.7 Å². The number of carbonyl (C=O) groups is 1. The van der Waals surface area contributed by atoms with Crippen LogP contribution in [0.4, 0.5) is 4.39 Å². The summed E-state index contributed by atoms with van der Waals surface area (Å²) in [4.78, 5) is 21.7. The third-order valence-corrected chi connectivity index (χ3v) is 5.52. The van der Waals surface area contributed by atoms with E-state index in [4.69, 9.17) is 11.6 Å². The average Bonchev–Trinajstić information content (AvgIpc) is 3.01. The van der Waals surface area contributed by atoms with Gasteiger partial charge in [0, 0.05) is 31.3 Å². The van der Waals surface area contributed by atoms with Gasteiger partial charge in [-0.15, -0.1) is 0 Å². The number of benzene rings is 1. The Morgan fingerprint density at radius 3 is 2.88 bits per heavy atom. The van der Waals surface area contributed by atoms with Crippen molar-refractivity contribution in [2.24, 2.45) is 0 Å². The minimum absolute atomic E-state index is 0.00439. The highest BCUT2D eigenvalue weighted by Crippen LogP contribution is 2.21. The summed E-state index contributed by atoms with van der Waals surface area (Å²) in [6, 6.07) is 3.11. The molecule has 1 amide bonds. The molecule has 0 aliphatic carbocycles. The Morgan fingerprint density at radius 2 is 2.16 bits per heavy atom. The Bertz CT molecular complexity index is 898. The first-order valence-electron chi connectivity index (χ1n) is 7.37. The van der Waals surface area contributed by atoms with E-state index in [1.54, 1.807) is 11.1 Å². The molecule has 3 rings (SSSR count). The van der Waals surface area contributed by atoms with Crippen LogP contribution in [0.3, 0.4) is 0 Å². The molecule has 10 heteroatoms. The average molecular weight is 385 g/mol. The first-order valence-corrected chi connectivity index (χ1v) is 9.23. The van der Waals surface area contributed by atoms with Crippen LogP contribution in [-0.4, -0.2) is 35.7 Å². The first-order chi connectivity index (χ1) is 11.9. The van der Waals surface area contributed by atoms with Gasteiger partial charge >= 0.3 is 0 Å². The van der Waals surface area contributed by atoms with Crippen LogP contribution in [0.15, 0.2) is 35.6 Å². The third-order valence-electron chi connectivity index (χ3n) is 3.77. The van der Waals surface area contributed by atoms with E-state index < -0.39 is 15.8 Å². The molecule has 0 atom stereocenters. The second-order valence-electron chi connectivity index (χ2n) is 5.47. The Kier molecular flexibility index (Phi) is 4.98. The van der Waals surface area contributed by atoms with Crippen molar-refractivity contribution in [3.8, 4) is 0 Å². The maximum Gasteiger partial charge on any atom is 0.240 e. The van der Waals surface area contributed by atoms with Crippen molar-refractivity contribution >= 4 is 27.5 Å². The second-order valence-corrected chi connectivity index (χ2v) is 7.64. The second kappa shape index (κ2) is 7.03. The lowest BCUT2D eigenvalue weighted by atomic mass is 10.3. The van der Waals surface area contributed by atoms with Crippen LogP contribution in [0, 0.1) is 5.82 Å². The molecule has 2 heterocycles. The number of aromatic nitrogens is 2. The Balaban J connectivity index is 1.56. The normalized spacial score (nSPS) is 13.8. The summed E-state index contributed by atoms with van der Waals surface area (Å²) in [5.74, 6) is -0.898. The predicted octanol–water partition coefficient (Wildman–Crippen LogP) is 1.48. The van der Waals surface area contributed by atoms with Gasteiger partial charge in [-0.3, -0.25) is 4.79 Å². The van der Waals surface area contributed by atoms with Gasteiger partial charge in [-0.1, -0.05) is 11.6 Å². The fraction of sp³-hybridized carbons (Fsp3) is 0.267. The number of hydrogen-bond acceptors (Lipinski definition) is 5. The number of hydrogen-bond donors (Lipinski definition) is 1. The van der Waals surface area contributed by atoms with Gasteiger partial charge in [0.05, 0.1) is 22.2 Å². The highest BCUT2D eigenvalue weighted by atomic mass is 35.5. The summed E-state index contributed by atoms with van der Waals surface area (Å²) in [6.45, 7) is 0.723. The number of fused-ring (bicyclic) bond motifs is 1. The summed E-state index contributed by atoms with van der Waals surface area (Å²) in [7, 11) is -3.87. The molecule has 1 aliphatic heterocycles. The predicted molar refractivity (Wildman–Crippen MR) is 87.5 cm³/mol. The molecule has 7 nitrogen and oxygen atoms in total. The number of carbonyl (C=O) groups excluding carboxylic acids is 1. The van der Waals surface area contributed by atoms with Gasteiger partial charge in [-0.2, -0.15) is 0 Å². The maximum absolute atomic E-state index is 13.1. The molecule has 0 spiro atoms. The quantitative estimate of drug-likeness (QED) is 0.843. The molecule has 1 aromatic carbocycles. The van der Waals surface area contributed by atoms with E-state index >= 15 is 0 Å². The van der Waals surface area contributed by atoms with Crippen molar-refractivity contribution in [2.75, 3.05) is 6.54 Å². The Labute approximate surface area is 148 Å². The summed E-state index contributed by atoms with van der Waals surface area (Å²) in [5.41, 5.74) is 1.68. The zero-order valence-electron chi connectivity index (χ0n) is 12.9. The van der Waals surface area contributed by atoms with Gasteiger partial charge in [0.15, 0.2) is 0 Å². The van der Waals surface area contributed by atoms with E-state index in [0.29, 0.717) is 13.1 Å². The van der Waals surface area contributed by atoms with Crippen molar-refractivity contribution in [3.63, 3.8) is 0 Å². The molecule has 25 heavy (non-hydrogen) atoms. The lowest BCUT2D eigenvalue weighted by Gasteiger charge is -2.15. The zero-order chi connectivity index (χ0) is 18.0. The smallest absolute Gasteiger partial charge is 0.240 e. The van der Waals surface area contributed by atoms with Crippen LogP contribution in [0.25, 0.3) is 0 Å². The van der Waals surface area contributed by atoms with Crippen LogP contribution in [0.5, 0.6) is 0 Å². The number of nitrogens with zero attached hydrogens (tertiary/aromatic N) is 3. The topological polar surface area (TPSA) is 92.3 Å². The molecule has 1 aromatic heterocycles. The van der Waals surface area contributed by atoms with E-state index in [0.717, 1.165) is 29.5 Å². The number of rotatable bonds is 5. The van der Waals surface area contributed by atoms with Gasteiger partial charge < -0.3 is 4.90 Å². The maximum atomic E-state index is 13.1. The number of nitrogens with one attached hydrogen (secondary N) is 1. The zero-order valence-corrected chi connectivity index (χ0v) is 14.5. The molecular formula is C15H14ClFN4O3S. The van der Waals surface area contributed by atoms with E-state index in [1.807, 2.05) is 0 Å². The Hall–Kier alpha value is -2.10. The molecule has 0 saturated carbocycles. The summed E-state index contributed by atoms with van der Waals surface area (Å²) >= 11 is 5.60. The standard InChI is InChI=1S/C15H14ClFN4O3S/c16-12-5-11(1-2-13(12)17)25(23,24)20-4-3-15(22)21-7-10-6-18-9-19-14(10)8-21/h1-2,5-6,9,20H,3-4,7-8H2. The summed E-state index contributed by atoms with van der Waals surface area (Å²) in [6.07, 6.45) is 3.08. The van der Waals surface area contributed by atoms with Crippen molar-refractivity contribution in [1.29, 1.82) is 0 Å². The van der Waals surface area contributed by atoms with Crippen molar-refractivity contribution in [3.05, 3.63) is 52.8 Å². The van der Waals surface area contributed by atoms with Gasteiger partial charge in [-0.25, -0.2) is 27.5 Å². The van der Waals surface area contributed by atoms with Gasteiger partial charge in [0.1, 0.15) is 12.1 Å². The summed E-state index contributed by atoms with van der Waals surface area (Å²) in [5, 5.41) is -0.283. The molecule has 0 unspecified atom stereocenters. The lowest BCUT2D eigenvalue weighted by molar-refractivity contribution is -0.131. The largest absolute Gasteiger partial charge is 0.332 e. The highest BCUT2D eigenvalue weighted by Gasteiger charge is 2.24. The van der Waals surface area contributed by atoms with Crippen LogP contribution < -0.4 is 4.72 Å². The Morgan fingerprint density at radius 1 is 1.36 bits per heavy atom. The van der Waals surface area contributed by atoms with E-state index in [1.165, 1.54) is 6.33 Å². The molecule has 1 aliphatic rings. The van der Waals surface area contributed by atoms with Crippen LogP contribution in [0.2, 0.25) is 5.02 Å². The molecule has 132 valence electrons. The van der Waals surface area contributed by atoms with Crippen LogP contribution in [-0.2, 0) is 27.9 Å². The van der Waals surface area contributed by atoms with E-state index in [9.17, 15) is 17.6 Å². The minimum Gasteiger partial charge on any atom is -0.332 e. The van der Waals surface area contributed by atoms with Crippen molar-refractivity contribution in [2.45, 2.75) is 24.4 Å². The molecule has 0 radical (unpaired) electrons. The molecule has 0 bridgehead atoms. The summed E-state index contributed by atoms with van der Waals surface area (Å²) < 4.78 is 39.7. The minimum atomic E-state index is -3.87. The SMILES string of the molecule is O=C(CCNS(=O)(=O)c1ccc(F)c(Cl)c1)N1Cc2cncnc2C1. The molecular weight excluding hydrogens is 371 g/mol. The fourth-order valence-corrected chi connectivity index (χ4v) is 3.76. The van der Waals surface area contributed by atoms with Crippen molar-refractivity contribution < 1.29 is 17.6 Å². The fourth-order valence-electron chi connectivity index (χ4n) is 2.45. The molecule has 1 N–H and O–H groups in total. The number of amides is 1. The van der Waals surface area contributed by atoms with E-state index in [-0.39, 0.29) is 28.8 Å². The van der Waals surface area contributed by atoms with Gasteiger partial charge in [0.2, 0.25) is 15.9 Å². The van der Waals surface area contributed by atoms with Gasteiger partial charge in [0.25, 0.3) is 0 Å². The lowest BCUT2D eigenvalue weighted by Crippen LogP contribution is -2.31. The van der Waals surface area contributed by atoms with Crippen LogP contribution >= 0.6 is 11.6 Å². The molecule has 0 saturated heterocycles.